The highest BCUT2D eigenvalue weighted by atomic mass is 79.9. The molecule has 20 heavy (non-hydrogen) atoms. The molecular weight excluding hydrogens is 318 g/mol. The minimum Gasteiger partial charge on any atom is -0.439 e. The van der Waals surface area contributed by atoms with E-state index in [0.717, 1.165) is 22.3 Å². The van der Waals surface area contributed by atoms with Gasteiger partial charge in [0.15, 0.2) is 5.78 Å². The van der Waals surface area contributed by atoms with Crippen LogP contribution in [-0.2, 0) is 0 Å². The Balaban J connectivity index is 2.30. The van der Waals surface area contributed by atoms with Crippen LogP contribution in [0.2, 0.25) is 0 Å². The summed E-state index contributed by atoms with van der Waals surface area (Å²) in [7, 11) is 0. The lowest BCUT2D eigenvalue weighted by Crippen LogP contribution is -2.06. The average Bonchev–Trinajstić information content (AvgIpc) is 2.40. The number of nitrogens with zero attached hydrogens (tertiary/aromatic N) is 1. The molecule has 0 amide bonds. The first-order chi connectivity index (χ1) is 9.51. The molecule has 1 aromatic heterocycles. The highest BCUT2D eigenvalue weighted by molar-refractivity contribution is 9.09. The Kier molecular flexibility index (Phi) is 4.55. The lowest BCUT2D eigenvalue weighted by Gasteiger charge is -2.11. The number of aryl methyl sites for hydroxylation is 3. The fourth-order valence-electron chi connectivity index (χ4n) is 2.12. The first kappa shape index (κ1) is 14.7. The molecule has 0 aliphatic rings. The van der Waals surface area contributed by atoms with Crippen LogP contribution in [0.1, 0.15) is 27.0 Å². The molecule has 0 atom stereocenters. The van der Waals surface area contributed by atoms with Gasteiger partial charge in [-0.05, 0) is 49.6 Å². The third-order valence-electron chi connectivity index (χ3n) is 3.01. The number of hydrogen-bond donors (Lipinski definition) is 0. The molecule has 2 rings (SSSR count). The van der Waals surface area contributed by atoms with E-state index in [1.165, 1.54) is 0 Å². The van der Waals surface area contributed by atoms with Crippen LogP contribution in [-0.4, -0.2) is 16.1 Å². The predicted octanol–water partition coefficient (Wildman–Crippen LogP) is 4.38. The van der Waals surface area contributed by atoms with Crippen molar-refractivity contribution < 1.29 is 9.53 Å². The van der Waals surface area contributed by atoms with E-state index < -0.39 is 0 Å². The van der Waals surface area contributed by atoms with Crippen molar-refractivity contribution >= 4 is 21.7 Å². The fourth-order valence-corrected chi connectivity index (χ4v) is 2.41. The Labute approximate surface area is 127 Å². The summed E-state index contributed by atoms with van der Waals surface area (Å²) in [5.41, 5.74) is 3.67. The smallest absolute Gasteiger partial charge is 0.219 e. The molecular formula is C16H16BrNO2. The van der Waals surface area contributed by atoms with E-state index in [9.17, 15) is 4.79 Å². The number of Topliss-reactive ketones (excluding diaryl/α,β-unsaturated/α-hetero) is 1. The summed E-state index contributed by atoms with van der Waals surface area (Å²) >= 11 is 3.21. The molecule has 0 unspecified atom stereocenters. The lowest BCUT2D eigenvalue weighted by atomic mass is 9.99. The van der Waals surface area contributed by atoms with Crippen molar-refractivity contribution in [1.82, 2.24) is 4.98 Å². The summed E-state index contributed by atoms with van der Waals surface area (Å²) in [6, 6.07) is 7.51. The van der Waals surface area contributed by atoms with Crippen molar-refractivity contribution in [1.29, 1.82) is 0 Å². The Morgan fingerprint density at radius 2 is 1.85 bits per heavy atom. The van der Waals surface area contributed by atoms with Crippen LogP contribution >= 0.6 is 15.9 Å². The van der Waals surface area contributed by atoms with Gasteiger partial charge in [-0.2, -0.15) is 0 Å². The number of pyridine rings is 1. The van der Waals surface area contributed by atoms with Gasteiger partial charge in [0.2, 0.25) is 5.88 Å². The van der Waals surface area contributed by atoms with E-state index in [2.05, 4.69) is 20.9 Å². The van der Waals surface area contributed by atoms with Gasteiger partial charge in [0.05, 0.1) is 5.33 Å². The predicted molar refractivity (Wildman–Crippen MR) is 83.1 cm³/mol. The molecule has 1 aromatic carbocycles. The van der Waals surface area contributed by atoms with Crippen molar-refractivity contribution in [3.05, 3.63) is 52.7 Å². The summed E-state index contributed by atoms with van der Waals surface area (Å²) < 4.78 is 5.73. The maximum absolute atomic E-state index is 11.9. The van der Waals surface area contributed by atoms with Crippen LogP contribution in [0.15, 0.2) is 30.5 Å². The number of hydrogen-bond acceptors (Lipinski definition) is 3. The molecule has 2 aromatic rings. The van der Waals surface area contributed by atoms with Gasteiger partial charge in [-0.15, -0.1) is 0 Å². The van der Waals surface area contributed by atoms with Gasteiger partial charge in [-0.1, -0.05) is 22.0 Å². The number of aromatic nitrogens is 1. The van der Waals surface area contributed by atoms with Gasteiger partial charge >= 0.3 is 0 Å². The molecule has 1 heterocycles. The van der Waals surface area contributed by atoms with Crippen molar-refractivity contribution in [3.63, 3.8) is 0 Å². The SMILES string of the molecule is Cc1ccc(Oc2cc(C)c(C(=O)CBr)c(C)c2)nc1. The quantitative estimate of drug-likeness (QED) is 0.615. The number of carbonyl (C=O) groups excluding carboxylic acids is 1. The molecule has 0 aliphatic heterocycles. The maximum atomic E-state index is 11.9. The van der Waals surface area contributed by atoms with E-state index in [1.54, 1.807) is 6.20 Å². The van der Waals surface area contributed by atoms with Gasteiger partial charge in [-0.3, -0.25) is 4.79 Å². The second-order valence-corrected chi connectivity index (χ2v) is 5.33. The molecule has 104 valence electrons. The standard InChI is InChI=1S/C16H16BrNO2/c1-10-4-5-15(18-9-10)20-13-6-11(2)16(12(3)7-13)14(19)8-17/h4-7,9H,8H2,1-3H3. The number of benzene rings is 1. The molecule has 0 bridgehead atoms. The highest BCUT2D eigenvalue weighted by Crippen LogP contribution is 2.26. The summed E-state index contributed by atoms with van der Waals surface area (Å²) in [6.45, 7) is 5.81. The van der Waals surface area contributed by atoms with Crippen molar-refractivity contribution in [2.24, 2.45) is 0 Å². The van der Waals surface area contributed by atoms with E-state index in [4.69, 9.17) is 4.74 Å². The van der Waals surface area contributed by atoms with Crippen molar-refractivity contribution in [2.75, 3.05) is 5.33 Å². The maximum Gasteiger partial charge on any atom is 0.219 e. The number of carbonyl (C=O) groups is 1. The zero-order chi connectivity index (χ0) is 14.7. The Morgan fingerprint density at radius 1 is 1.20 bits per heavy atom. The third-order valence-corrected chi connectivity index (χ3v) is 3.52. The monoisotopic (exact) mass is 333 g/mol. The van der Waals surface area contributed by atoms with Crippen LogP contribution in [0, 0.1) is 20.8 Å². The zero-order valence-corrected chi connectivity index (χ0v) is 13.3. The highest BCUT2D eigenvalue weighted by Gasteiger charge is 2.13. The minimum atomic E-state index is 0.0833. The van der Waals surface area contributed by atoms with Gasteiger partial charge in [0.25, 0.3) is 0 Å². The molecule has 0 spiro atoms. The Hall–Kier alpha value is -1.68. The molecule has 0 N–H and O–H groups in total. The van der Waals surface area contributed by atoms with Crippen LogP contribution in [0.25, 0.3) is 0 Å². The molecule has 0 saturated heterocycles. The second-order valence-electron chi connectivity index (χ2n) is 4.76. The number of rotatable bonds is 4. The zero-order valence-electron chi connectivity index (χ0n) is 11.7. The van der Waals surface area contributed by atoms with Crippen LogP contribution in [0.4, 0.5) is 0 Å². The first-order valence-corrected chi connectivity index (χ1v) is 7.44. The van der Waals surface area contributed by atoms with Gasteiger partial charge in [0, 0.05) is 17.8 Å². The van der Waals surface area contributed by atoms with Gasteiger partial charge < -0.3 is 4.74 Å². The van der Waals surface area contributed by atoms with Gasteiger partial charge in [-0.25, -0.2) is 4.98 Å². The Morgan fingerprint density at radius 3 is 2.35 bits per heavy atom. The van der Waals surface area contributed by atoms with Crippen LogP contribution < -0.4 is 4.74 Å². The summed E-state index contributed by atoms with van der Waals surface area (Å²) in [5.74, 6) is 1.33. The largest absolute Gasteiger partial charge is 0.439 e. The molecule has 0 saturated carbocycles. The second kappa shape index (κ2) is 6.18. The summed E-state index contributed by atoms with van der Waals surface area (Å²) in [6.07, 6.45) is 1.76. The topological polar surface area (TPSA) is 39.2 Å². The van der Waals surface area contributed by atoms with Crippen LogP contribution in [0.5, 0.6) is 11.6 Å². The average molecular weight is 334 g/mol. The number of ether oxygens (including phenoxy) is 1. The minimum absolute atomic E-state index is 0.0833. The van der Waals surface area contributed by atoms with Gasteiger partial charge in [0.1, 0.15) is 5.75 Å². The van der Waals surface area contributed by atoms with E-state index in [-0.39, 0.29) is 5.78 Å². The van der Waals surface area contributed by atoms with Crippen LogP contribution in [0.3, 0.4) is 0 Å². The third kappa shape index (κ3) is 3.25. The van der Waals surface area contributed by atoms with E-state index in [0.29, 0.717) is 17.0 Å². The molecule has 0 radical (unpaired) electrons. The van der Waals surface area contributed by atoms with Crippen molar-refractivity contribution in [3.8, 4) is 11.6 Å². The molecule has 0 aliphatic carbocycles. The van der Waals surface area contributed by atoms with Crippen molar-refractivity contribution in [2.45, 2.75) is 20.8 Å². The molecule has 3 nitrogen and oxygen atoms in total. The summed E-state index contributed by atoms with van der Waals surface area (Å²) in [4.78, 5) is 16.1. The normalized spacial score (nSPS) is 10.4. The van der Waals surface area contributed by atoms with E-state index >= 15 is 0 Å². The molecule has 0 fully saturated rings. The fraction of sp³-hybridized carbons (Fsp3) is 0.250. The summed E-state index contributed by atoms with van der Waals surface area (Å²) in [5, 5.41) is 0.328. The van der Waals surface area contributed by atoms with E-state index in [1.807, 2.05) is 45.0 Å². The number of alkyl halides is 1. The Bertz CT molecular complexity index is 612. The number of ketones is 1. The number of halogens is 1. The molecule has 4 heteroatoms. The lowest BCUT2D eigenvalue weighted by molar-refractivity contribution is 0.102. The first-order valence-electron chi connectivity index (χ1n) is 6.32.